The van der Waals surface area contributed by atoms with E-state index in [2.05, 4.69) is 45.2 Å². The van der Waals surface area contributed by atoms with Crippen LogP contribution in [0.3, 0.4) is 0 Å². The summed E-state index contributed by atoms with van der Waals surface area (Å²) >= 11 is 0. The van der Waals surface area contributed by atoms with E-state index in [-0.39, 0.29) is 11.9 Å². The number of nitrogens with one attached hydrogen (secondary N) is 2. The molecule has 1 fully saturated rings. The lowest BCUT2D eigenvalue weighted by atomic mass is 10.0. The van der Waals surface area contributed by atoms with Crippen LogP contribution in [0.1, 0.15) is 16.1 Å². The predicted octanol–water partition coefficient (Wildman–Crippen LogP) is 2.35. The summed E-state index contributed by atoms with van der Waals surface area (Å²) in [5.41, 5.74) is 2.76. The number of carbonyl (C=O) groups is 1. The third-order valence-electron chi connectivity index (χ3n) is 5.38. The molecule has 0 radical (unpaired) electrons. The third kappa shape index (κ3) is 4.08. The van der Waals surface area contributed by atoms with Gasteiger partial charge in [-0.15, -0.1) is 0 Å². The standard InChI is InChI=1S/C22H27N5O/c1-26(2)12-16-13-27(14-17-7-5-6-10-23-17)15-21(16)25-22(28)19-11-24-20-9-4-3-8-18(19)20/h3-11,16,21,24H,12-15H2,1-2H3,(H,25,28)/t16-,21-/m1/s1. The maximum absolute atomic E-state index is 13.0. The van der Waals surface area contributed by atoms with Gasteiger partial charge in [-0.3, -0.25) is 14.7 Å². The number of rotatable bonds is 6. The van der Waals surface area contributed by atoms with Crippen LogP contribution in [-0.4, -0.2) is 65.4 Å². The molecule has 0 spiro atoms. The van der Waals surface area contributed by atoms with Gasteiger partial charge in [0.1, 0.15) is 0 Å². The minimum atomic E-state index is -0.00843. The van der Waals surface area contributed by atoms with E-state index in [9.17, 15) is 4.79 Å². The minimum Gasteiger partial charge on any atom is -0.360 e. The maximum atomic E-state index is 13.0. The van der Waals surface area contributed by atoms with Gasteiger partial charge in [-0.05, 0) is 32.3 Å². The number of H-pyrrole nitrogens is 1. The quantitative estimate of drug-likeness (QED) is 0.692. The van der Waals surface area contributed by atoms with E-state index in [1.165, 1.54) is 0 Å². The molecule has 2 atom stereocenters. The number of hydrogen-bond donors (Lipinski definition) is 2. The molecule has 6 heteroatoms. The second-order valence-corrected chi connectivity index (χ2v) is 7.87. The lowest BCUT2D eigenvalue weighted by molar-refractivity contribution is 0.0928. The summed E-state index contributed by atoms with van der Waals surface area (Å²) in [4.78, 5) is 25.2. The Kier molecular flexibility index (Phi) is 5.41. The van der Waals surface area contributed by atoms with Gasteiger partial charge in [0.2, 0.25) is 0 Å². The number of para-hydroxylation sites is 1. The molecule has 3 heterocycles. The summed E-state index contributed by atoms with van der Waals surface area (Å²) in [6.07, 6.45) is 3.64. The Morgan fingerprint density at radius 3 is 2.82 bits per heavy atom. The lowest BCUT2D eigenvalue weighted by Crippen LogP contribution is -2.43. The normalized spacial score (nSPS) is 20.1. The Hall–Kier alpha value is -2.70. The molecule has 1 saturated heterocycles. The van der Waals surface area contributed by atoms with Crippen molar-refractivity contribution in [3.63, 3.8) is 0 Å². The topological polar surface area (TPSA) is 64.3 Å². The van der Waals surface area contributed by atoms with Crippen LogP contribution >= 0.6 is 0 Å². The van der Waals surface area contributed by atoms with Gasteiger partial charge in [-0.1, -0.05) is 24.3 Å². The zero-order chi connectivity index (χ0) is 19.5. The van der Waals surface area contributed by atoms with E-state index in [1.807, 2.05) is 48.8 Å². The fourth-order valence-corrected chi connectivity index (χ4v) is 4.13. The van der Waals surface area contributed by atoms with Crippen LogP contribution in [-0.2, 0) is 6.54 Å². The van der Waals surface area contributed by atoms with Gasteiger partial charge in [-0.2, -0.15) is 0 Å². The van der Waals surface area contributed by atoms with Crippen LogP contribution in [0.2, 0.25) is 0 Å². The molecule has 0 aliphatic carbocycles. The van der Waals surface area contributed by atoms with Crippen molar-refractivity contribution in [1.82, 2.24) is 25.1 Å². The summed E-state index contributed by atoms with van der Waals surface area (Å²) in [7, 11) is 4.17. The van der Waals surface area contributed by atoms with Gasteiger partial charge < -0.3 is 15.2 Å². The van der Waals surface area contributed by atoms with Gasteiger partial charge in [0.25, 0.3) is 5.91 Å². The Labute approximate surface area is 165 Å². The summed E-state index contributed by atoms with van der Waals surface area (Å²) in [5, 5.41) is 4.26. The molecule has 3 aromatic rings. The Bertz CT molecular complexity index is 936. The first-order valence-corrected chi connectivity index (χ1v) is 9.74. The van der Waals surface area contributed by atoms with Crippen LogP contribution in [0.25, 0.3) is 10.9 Å². The first-order valence-electron chi connectivity index (χ1n) is 9.74. The van der Waals surface area contributed by atoms with E-state index in [0.29, 0.717) is 11.5 Å². The van der Waals surface area contributed by atoms with Gasteiger partial charge in [0.05, 0.1) is 11.3 Å². The molecular weight excluding hydrogens is 350 g/mol. The number of likely N-dealkylation sites (tertiary alicyclic amines) is 1. The highest BCUT2D eigenvalue weighted by molar-refractivity contribution is 6.06. The zero-order valence-corrected chi connectivity index (χ0v) is 16.4. The van der Waals surface area contributed by atoms with Crippen LogP contribution in [0.5, 0.6) is 0 Å². The largest absolute Gasteiger partial charge is 0.360 e. The summed E-state index contributed by atoms with van der Waals surface area (Å²) < 4.78 is 0. The van der Waals surface area contributed by atoms with Crippen molar-refractivity contribution in [2.24, 2.45) is 5.92 Å². The van der Waals surface area contributed by atoms with Crippen molar-refractivity contribution in [2.75, 3.05) is 33.7 Å². The van der Waals surface area contributed by atoms with E-state index in [1.54, 1.807) is 0 Å². The van der Waals surface area contributed by atoms with Gasteiger partial charge >= 0.3 is 0 Å². The molecule has 1 aromatic carbocycles. The first-order chi connectivity index (χ1) is 13.6. The number of fused-ring (bicyclic) bond motifs is 1. The molecule has 2 aromatic heterocycles. The van der Waals surface area contributed by atoms with Gasteiger partial charge in [0, 0.05) is 61.4 Å². The van der Waals surface area contributed by atoms with Crippen LogP contribution in [0, 0.1) is 5.92 Å². The third-order valence-corrected chi connectivity index (χ3v) is 5.38. The average Bonchev–Trinajstić information content (AvgIpc) is 3.26. The number of carbonyl (C=O) groups excluding carboxylic acids is 1. The summed E-state index contributed by atoms with van der Waals surface area (Å²) in [6.45, 7) is 3.54. The van der Waals surface area contributed by atoms with Crippen molar-refractivity contribution in [3.8, 4) is 0 Å². The molecule has 146 valence electrons. The molecule has 1 amide bonds. The van der Waals surface area contributed by atoms with Gasteiger partial charge in [0.15, 0.2) is 0 Å². The fraction of sp³-hybridized carbons (Fsp3) is 0.364. The molecule has 6 nitrogen and oxygen atoms in total. The number of hydrogen-bond acceptors (Lipinski definition) is 4. The monoisotopic (exact) mass is 377 g/mol. The Balaban J connectivity index is 1.48. The van der Waals surface area contributed by atoms with E-state index in [4.69, 9.17) is 0 Å². The van der Waals surface area contributed by atoms with Crippen molar-refractivity contribution in [3.05, 3.63) is 66.1 Å². The van der Waals surface area contributed by atoms with E-state index in [0.717, 1.165) is 42.8 Å². The number of aromatic amines is 1. The first kappa shape index (κ1) is 18.7. The predicted molar refractivity (Wildman–Crippen MR) is 111 cm³/mol. The van der Waals surface area contributed by atoms with Crippen molar-refractivity contribution in [1.29, 1.82) is 0 Å². The van der Waals surface area contributed by atoms with Crippen molar-refractivity contribution >= 4 is 16.8 Å². The van der Waals surface area contributed by atoms with Gasteiger partial charge in [-0.25, -0.2) is 0 Å². The van der Waals surface area contributed by atoms with Crippen LogP contribution in [0.4, 0.5) is 0 Å². The lowest BCUT2D eigenvalue weighted by Gasteiger charge is -2.22. The molecule has 28 heavy (non-hydrogen) atoms. The fourth-order valence-electron chi connectivity index (χ4n) is 4.13. The molecule has 1 aliphatic heterocycles. The Morgan fingerprint density at radius 2 is 2.04 bits per heavy atom. The maximum Gasteiger partial charge on any atom is 0.253 e. The van der Waals surface area contributed by atoms with Crippen LogP contribution < -0.4 is 5.32 Å². The highest BCUT2D eigenvalue weighted by Crippen LogP contribution is 2.22. The molecular formula is C22H27N5O. The molecule has 1 aliphatic rings. The molecule has 0 saturated carbocycles. The number of nitrogens with zero attached hydrogens (tertiary/aromatic N) is 3. The molecule has 2 N–H and O–H groups in total. The average molecular weight is 377 g/mol. The smallest absolute Gasteiger partial charge is 0.253 e. The van der Waals surface area contributed by atoms with E-state index < -0.39 is 0 Å². The number of benzene rings is 1. The van der Waals surface area contributed by atoms with Crippen molar-refractivity contribution in [2.45, 2.75) is 12.6 Å². The summed E-state index contributed by atoms with van der Waals surface area (Å²) in [5.74, 6) is 0.374. The van der Waals surface area contributed by atoms with Crippen LogP contribution in [0.15, 0.2) is 54.9 Å². The second-order valence-electron chi connectivity index (χ2n) is 7.87. The summed E-state index contributed by atoms with van der Waals surface area (Å²) in [6, 6.07) is 14.0. The molecule has 0 unspecified atom stereocenters. The molecule has 4 rings (SSSR count). The van der Waals surface area contributed by atoms with Crippen molar-refractivity contribution < 1.29 is 4.79 Å². The second kappa shape index (κ2) is 8.12. The highest BCUT2D eigenvalue weighted by Gasteiger charge is 2.34. The SMILES string of the molecule is CN(C)C[C@@H]1CN(Cc2ccccn2)C[C@H]1NC(=O)c1c[nH]c2ccccc12. The zero-order valence-electron chi connectivity index (χ0n) is 16.4. The van der Waals surface area contributed by atoms with E-state index >= 15 is 0 Å². The Morgan fingerprint density at radius 1 is 1.21 bits per heavy atom. The highest BCUT2D eigenvalue weighted by atomic mass is 16.1. The molecule has 0 bridgehead atoms. The number of amides is 1. The minimum absolute atomic E-state index is 0.00843. The number of pyridine rings is 1. The number of aromatic nitrogens is 2.